The molecule has 4 rings (SSSR count). The molecule has 2 aliphatic rings. The van der Waals surface area contributed by atoms with Crippen molar-refractivity contribution in [2.24, 2.45) is 5.92 Å². The number of hydrogen-bond donors (Lipinski definition) is 1. The standard InChI is InChI=1S/C21H23NO2/c23-21(19-13-18(19)16-9-5-2-6-10-16)24-20-14-22-12-11-17(20)15-7-3-1-4-8-15/h1-10,17-20,22H,11-14H2/t17-,18-,19-,20+/m1/s1. The van der Waals surface area contributed by atoms with Gasteiger partial charge in [-0.2, -0.15) is 0 Å². The van der Waals surface area contributed by atoms with Gasteiger partial charge in [-0.3, -0.25) is 4.79 Å². The molecular weight excluding hydrogens is 298 g/mol. The van der Waals surface area contributed by atoms with Crippen molar-refractivity contribution in [3.05, 3.63) is 71.8 Å². The Bertz CT molecular complexity index is 685. The molecule has 1 N–H and O–H groups in total. The minimum absolute atomic E-state index is 0.0292. The monoisotopic (exact) mass is 321 g/mol. The first-order valence-electron chi connectivity index (χ1n) is 8.84. The Morgan fingerprint density at radius 2 is 1.54 bits per heavy atom. The van der Waals surface area contributed by atoms with Crippen LogP contribution in [0, 0.1) is 5.92 Å². The molecule has 24 heavy (non-hydrogen) atoms. The molecule has 0 bridgehead atoms. The van der Waals surface area contributed by atoms with Crippen molar-refractivity contribution in [2.75, 3.05) is 13.1 Å². The van der Waals surface area contributed by atoms with Crippen LogP contribution in [0.25, 0.3) is 0 Å². The van der Waals surface area contributed by atoms with Crippen LogP contribution in [0.15, 0.2) is 60.7 Å². The van der Waals surface area contributed by atoms with Crippen LogP contribution >= 0.6 is 0 Å². The summed E-state index contributed by atoms with van der Waals surface area (Å²) in [6.45, 7) is 1.72. The van der Waals surface area contributed by atoms with E-state index in [1.807, 2.05) is 24.3 Å². The lowest BCUT2D eigenvalue weighted by atomic mass is 9.88. The Kier molecular flexibility index (Phi) is 4.35. The van der Waals surface area contributed by atoms with E-state index in [1.165, 1.54) is 11.1 Å². The Balaban J connectivity index is 1.41. The van der Waals surface area contributed by atoms with E-state index in [-0.39, 0.29) is 18.0 Å². The predicted octanol–water partition coefficient (Wildman–Crippen LogP) is 3.48. The first kappa shape index (κ1) is 15.4. The summed E-state index contributed by atoms with van der Waals surface area (Å²) in [4.78, 5) is 12.6. The Hall–Kier alpha value is -2.13. The number of rotatable bonds is 4. The highest BCUT2D eigenvalue weighted by molar-refractivity contribution is 5.77. The zero-order valence-electron chi connectivity index (χ0n) is 13.7. The van der Waals surface area contributed by atoms with E-state index in [2.05, 4.69) is 41.7 Å². The van der Waals surface area contributed by atoms with Gasteiger partial charge in [-0.25, -0.2) is 0 Å². The molecule has 124 valence electrons. The SMILES string of the molecule is O=C(O[C@H]1CNCC[C@@H]1c1ccccc1)[C@@H]1C[C@@H]1c1ccccc1. The van der Waals surface area contributed by atoms with E-state index in [4.69, 9.17) is 4.74 Å². The Labute approximate surface area is 143 Å². The second kappa shape index (κ2) is 6.78. The van der Waals surface area contributed by atoms with Gasteiger partial charge < -0.3 is 10.1 Å². The van der Waals surface area contributed by atoms with E-state index in [0.29, 0.717) is 11.8 Å². The third-order valence-corrected chi connectivity index (χ3v) is 5.24. The zero-order valence-corrected chi connectivity index (χ0v) is 13.7. The maximum Gasteiger partial charge on any atom is 0.309 e. The van der Waals surface area contributed by atoms with Gasteiger partial charge in [0.25, 0.3) is 0 Å². The normalized spacial score (nSPS) is 29.0. The summed E-state index contributed by atoms with van der Waals surface area (Å²) >= 11 is 0. The van der Waals surface area contributed by atoms with Gasteiger partial charge in [0, 0.05) is 12.5 Å². The minimum atomic E-state index is -0.0642. The van der Waals surface area contributed by atoms with Crippen LogP contribution in [0.3, 0.4) is 0 Å². The van der Waals surface area contributed by atoms with Crippen molar-refractivity contribution < 1.29 is 9.53 Å². The second-order valence-corrected chi connectivity index (χ2v) is 6.84. The quantitative estimate of drug-likeness (QED) is 0.876. The number of piperidine rings is 1. The Morgan fingerprint density at radius 1 is 0.917 bits per heavy atom. The average Bonchev–Trinajstić information content (AvgIpc) is 3.45. The summed E-state index contributed by atoms with van der Waals surface area (Å²) in [5, 5.41) is 3.36. The molecule has 0 radical (unpaired) electrons. The molecule has 2 aromatic rings. The number of carbonyl (C=O) groups excluding carboxylic acids is 1. The van der Waals surface area contributed by atoms with Crippen molar-refractivity contribution in [1.82, 2.24) is 5.32 Å². The lowest BCUT2D eigenvalue weighted by molar-refractivity contribution is -0.152. The van der Waals surface area contributed by atoms with Crippen LogP contribution in [0.5, 0.6) is 0 Å². The summed E-state index contributed by atoms with van der Waals surface area (Å²) in [6, 6.07) is 20.7. The van der Waals surface area contributed by atoms with Gasteiger partial charge in [-0.15, -0.1) is 0 Å². The highest BCUT2D eigenvalue weighted by Gasteiger charge is 2.46. The molecule has 1 saturated heterocycles. The van der Waals surface area contributed by atoms with Crippen LogP contribution < -0.4 is 5.32 Å². The predicted molar refractivity (Wildman–Crippen MR) is 93.8 cm³/mol. The molecule has 0 spiro atoms. The zero-order chi connectivity index (χ0) is 16.4. The molecule has 1 saturated carbocycles. The van der Waals surface area contributed by atoms with Gasteiger partial charge in [-0.05, 0) is 36.4 Å². The molecule has 2 fully saturated rings. The lowest BCUT2D eigenvalue weighted by Crippen LogP contribution is -2.42. The topological polar surface area (TPSA) is 38.3 Å². The summed E-state index contributed by atoms with van der Waals surface area (Å²) in [7, 11) is 0. The minimum Gasteiger partial charge on any atom is -0.460 e. The molecule has 2 aromatic carbocycles. The fourth-order valence-electron chi connectivity index (χ4n) is 3.80. The Morgan fingerprint density at radius 3 is 2.21 bits per heavy atom. The summed E-state index contributed by atoms with van der Waals surface area (Å²) < 4.78 is 5.93. The van der Waals surface area contributed by atoms with Crippen molar-refractivity contribution in [2.45, 2.75) is 30.8 Å². The fraction of sp³-hybridized carbons (Fsp3) is 0.381. The fourth-order valence-corrected chi connectivity index (χ4v) is 3.80. The van der Waals surface area contributed by atoms with Crippen LogP contribution in [-0.2, 0) is 9.53 Å². The number of carbonyl (C=O) groups is 1. The number of hydrogen-bond acceptors (Lipinski definition) is 3. The summed E-state index contributed by atoms with van der Waals surface area (Å²) in [6.07, 6.45) is 1.86. The third kappa shape index (κ3) is 3.22. The van der Waals surface area contributed by atoms with E-state index in [1.54, 1.807) is 0 Å². The molecule has 0 unspecified atom stereocenters. The molecule has 3 heteroatoms. The third-order valence-electron chi connectivity index (χ3n) is 5.24. The van der Waals surface area contributed by atoms with Crippen molar-refractivity contribution >= 4 is 5.97 Å². The van der Waals surface area contributed by atoms with Crippen molar-refractivity contribution in [3.8, 4) is 0 Å². The van der Waals surface area contributed by atoms with Crippen LogP contribution in [0.2, 0.25) is 0 Å². The maximum absolute atomic E-state index is 12.6. The van der Waals surface area contributed by atoms with Gasteiger partial charge in [0.05, 0.1) is 5.92 Å². The first-order chi connectivity index (χ1) is 11.8. The largest absolute Gasteiger partial charge is 0.460 e. The number of ether oxygens (including phenoxy) is 1. The van der Waals surface area contributed by atoms with Crippen molar-refractivity contribution in [3.63, 3.8) is 0 Å². The van der Waals surface area contributed by atoms with Gasteiger partial charge in [-0.1, -0.05) is 60.7 Å². The van der Waals surface area contributed by atoms with E-state index >= 15 is 0 Å². The number of esters is 1. The molecule has 1 aliphatic carbocycles. The second-order valence-electron chi connectivity index (χ2n) is 6.84. The van der Waals surface area contributed by atoms with E-state index in [9.17, 15) is 4.79 Å². The molecule has 0 aromatic heterocycles. The maximum atomic E-state index is 12.6. The highest BCUT2D eigenvalue weighted by Crippen LogP contribution is 2.48. The van der Waals surface area contributed by atoms with Gasteiger partial charge in [0.15, 0.2) is 0 Å². The molecular formula is C21H23NO2. The van der Waals surface area contributed by atoms with Gasteiger partial charge in [0.2, 0.25) is 0 Å². The summed E-state index contributed by atoms with van der Waals surface area (Å²) in [5.41, 5.74) is 2.52. The molecule has 1 aliphatic heterocycles. The van der Waals surface area contributed by atoms with Crippen LogP contribution in [0.4, 0.5) is 0 Å². The number of benzene rings is 2. The van der Waals surface area contributed by atoms with Gasteiger partial charge in [0.1, 0.15) is 6.10 Å². The lowest BCUT2D eigenvalue weighted by Gasteiger charge is -2.32. The van der Waals surface area contributed by atoms with E-state index in [0.717, 1.165) is 25.9 Å². The van der Waals surface area contributed by atoms with Crippen LogP contribution in [0.1, 0.15) is 35.8 Å². The van der Waals surface area contributed by atoms with Gasteiger partial charge >= 0.3 is 5.97 Å². The van der Waals surface area contributed by atoms with E-state index < -0.39 is 0 Å². The smallest absolute Gasteiger partial charge is 0.309 e. The summed E-state index contributed by atoms with van der Waals surface area (Å²) in [5.74, 6) is 0.639. The molecule has 4 atom stereocenters. The van der Waals surface area contributed by atoms with Crippen molar-refractivity contribution in [1.29, 1.82) is 0 Å². The van der Waals surface area contributed by atoms with Crippen LogP contribution in [-0.4, -0.2) is 25.2 Å². The molecule has 1 heterocycles. The molecule has 3 nitrogen and oxygen atoms in total. The average molecular weight is 321 g/mol. The molecule has 0 amide bonds. The highest BCUT2D eigenvalue weighted by atomic mass is 16.5. The first-order valence-corrected chi connectivity index (χ1v) is 8.84. The number of nitrogens with one attached hydrogen (secondary N) is 1.